The first-order valence-corrected chi connectivity index (χ1v) is 4.11. The summed E-state index contributed by atoms with van der Waals surface area (Å²) in [6.45, 7) is 1.80. The van der Waals surface area contributed by atoms with Crippen LogP contribution in [-0.2, 0) is 0 Å². The standard InChI is InChI=1S/C7H5BrN2O2/c1-3-4-6(11)9-2-10-7(4)12-5(3)8/h2H,1H3,(H,9,10,11). The van der Waals surface area contributed by atoms with Crippen molar-refractivity contribution in [2.45, 2.75) is 6.92 Å². The van der Waals surface area contributed by atoms with Gasteiger partial charge in [-0.2, -0.15) is 0 Å². The molecular formula is C7H5BrN2O2. The fourth-order valence-electron chi connectivity index (χ4n) is 1.05. The van der Waals surface area contributed by atoms with Crippen molar-refractivity contribution in [2.75, 3.05) is 0 Å². The normalized spacial score (nSPS) is 10.8. The lowest BCUT2D eigenvalue weighted by Gasteiger charge is -1.84. The van der Waals surface area contributed by atoms with Gasteiger partial charge in [-0.15, -0.1) is 0 Å². The van der Waals surface area contributed by atoms with Gasteiger partial charge in [0.2, 0.25) is 5.71 Å². The molecule has 0 aliphatic rings. The van der Waals surface area contributed by atoms with Crippen LogP contribution in [0.15, 0.2) is 20.2 Å². The van der Waals surface area contributed by atoms with Crippen LogP contribution >= 0.6 is 15.9 Å². The van der Waals surface area contributed by atoms with Crippen LogP contribution in [0.25, 0.3) is 11.1 Å². The first kappa shape index (κ1) is 7.54. The number of furan rings is 1. The zero-order valence-corrected chi connectivity index (χ0v) is 7.81. The highest BCUT2D eigenvalue weighted by Gasteiger charge is 2.11. The molecule has 0 saturated carbocycles. The van der Waals surface area contributed by atoms with Gasteiger partial charge in [-0.25, -0.2) is 4.98 Å². The smallest absolute Gasteiger partial charge is 0.262 e. The molecule has 0 aliphatic carbocycles. The minimum absolute atomic E-state index is 0.174. The molecule has 0 bridgehead atoms. The Morgan fingerprint density at radius 2 is 2.42 bits per heavy atom. The first-order chi connectivity index (χ1) is 5.70. The summed E-state index contributed by atoms with van der Waals surface area (Å²) < 4.78 is 5.72. The summed E-state index contributed by atoms with van der Waals surface area (Å²) in [4.78, 5) is 17.6. The summed E-state index contributed by atoms with van der Waals surface area (Å²) >= 11 is 3.18. The van der Waals surface area contributed by atoms with Crippen molar-refractivity contribution < 1.29 is 4.42 Å². The van der Waals surface area contributed by atoms with Gasteiger partial charge in [0.1, 0.15) is 5.39 Å². The summed E-state index contributed by atoms with van der Waals surface area (Å²) in [7, 11) is 0. The second-order valence-corrected chi connectivity index (χ2v) is 3.13. The molecule has 0 unspecified atom stereocenters. The molecule has 2 heterocycles. The van der Waals surface area contributed by atoms with Gasteiger partial charge in [0, 0.05) is 5.56 Å². The van der Waals surface area contributed by atoms with Crippen LogP contribution in [0.2, 0.25) is 0 Å². The van der Waals surface area contributed by atoms with Crippen molar-refractivity contribution in [1.29, 1.82) is 0 Å². The van der Waals surface area contributed by atoms with E-state index in [9.17, 15) is 4.79 Å². The summed E-state index contributed by atoms with van der Waals surface area (Å²) in [6, 6.07) is 0. The van der Waals surface area contributed by atoms with E-state index in [1.165, 1.54) is 6.33 Å². The number of rotatable bonds is 0. The van der Waals surface area contributed by atoms with Crippen LogP contribution in [0.4, 0.5) is 0 Å². The Morgan fingerprint density at radius 3 is 3.08 bits per heavy atom. The Labute approximate surface area is 75.7 Å². The van der Waals surface area contributed by atoms with Crippen LogP contribution in [0.5, 0.6) is 0 Å². The molecule has 0 atom stereocenters. The Morgan fingerprint density at radius 1 is 1.67 bits per heavy atom. The maximum atomic E-state index is 11.2. The quantitative estimate of drug-likeness (QED) is 0.746. The number of nitrogens with zero attached hydrogens (tertiary/aromatic N) is 1. The number of nitrogens with one attached hydrogen (secondary N) is 1. The van der Waals surface area contributed by atoms with Gasteiger partial charge in [0.25, 0.3) is 5.56 Å². The molecule has 0 saturated heterocycles. The number of halogens is 1. The van der Waals surface area contributed by atoms with Gasteiger partial charge in [0.15, 0.2) is 4.67 Å². The SMILES string of the molecule is Cc1c(Br)oc2nc[nH]c(=O)c12. The monoisotopic (exact) mass is 228 g/mol. The lowest BCUT2D eigenvalue weighted by molar-refractivity contribution is 0.572. The molecule has 0 fully saturated rings. The van der Waals surface area contributed by atoms with Crippen LogP contribution in [-0.4, -0.2) is 9.97 Å². The number of H-pyrrole nitrogens is 1. The molecule has 1 N–H and O–H groups in total. The maximum absolute atomic E-state index is 11.2. The lowest BCUT2D eigenvalue weighted by atomic mass is 10.3. The van der Waals surface area contributed by atoms with Gasteiger partial charge < -0.3 is 9.40 Å². The Kier molecular flexibility index (Phi) is 1.54. The third-order valence-electron chi connectivity index (χ3n) is 1.67. The van der Waals surface area contributed by atoms with E-state index in [0.717, 1.165) is 5.56 Å². The average molecular weight is 229 g/mol. The highest BCUT2D eigenvalue weighted by atomic mass is 79.9. The van der Waals surface area contributed by atoms with Crippen LogP contribution in [0.3, 0.4) is 0 Å². The van der Waals surface area contributed by atoms with Crippen molar-refractivity contribution in [3.8, 4) is 0 Å². The van der Waals surface area contributed by atoms with E-state index >= 15 is 0 Å². The van der Waals surface area contributed by atoms with Gasteiger partial charge >= 0.3 is 0 Å². The van der Waals surface area contributed by atoms with Crippen LogP contribution in [0.1, 0.15) is 5.56 Å². The second kappa shape index (κ2) is 2.45. The van der Waals surface area contributed by atoms with Crippen LogP contribution < -0.4 is 5.56 Å². The van der Waals surface area contributed by atoms with Crippen molar-refractivity contribution in [3.05, 3.63) is 26.9 Å². The number of hydrogen-bond acceptors (Lipinski definition) is 3. The van der Waals surface area contributed by atoms with E-state index in [-0.39, 0.29) is 5.56 Å². The zero-order chi connectivity index (χ0) is 8.72. The van der Waals surface area contributed by atoms with Gasteiger partial charge in [-0.1, -0.05) is 0 Å². The molecule has 5 heteroatoms. The molecule has 4 nitrogen and oxygen atoms in total. The van der Waals surface area contributed by atoms with E-state index in [0.29, 0.717) is 15.8 Å². The Bertz CT molecular complexity index is 486. The summed E-state index contributed by atoms with van der Waals surface area (Å²) in [5, 5.41) is 0.504. The molecule has 0 spiro atoms. The van der Waals surface area contributed by atoms with Crippen molar-refractivity contribution in [1.82, 2.24) is 9.97 Å². The lowest BCUT2D eigenvalue weighted by Crippen LogP contribution is -2.05. The Balaban J connectivity index is 3.07. The number of hydrogen-bond donors (Lipinski definition) is 1. The third kappa shape index (κ3) is 0.896. The van der Waals surface area contributed by atoms with E-state index in [1.54, 1.807) is 6.92 Å². The first-order valence-electron chi connectivity index (χ1n) is 3.32. The topological polar surface area (TPSA) is 58.9 Å². The second-order valence-electron chi connectivity index (χ2n) is 2.41. The number of aryl methyl sites for hydroxylation is 1. The van der Waals surface area contributed by atoms with Gasteiger partial charge in [0.05, 0.1) is 6.33 Å². The third-order valence-corrected chi connectivity index (χ3v) is 2.43. The summed E-state index contributed by atoms with van der Waals surface area (Å²) in [5.74, 6) is 0. The van der Waals surface area contributed by atoms with E-state index < -0.39 is 0 Å². The van der Waals surface area contributed by atoms with Crippen molar-refractivity contribution in [3.63, 3.8) is 0 Å². The number of fused-ring (bicyclic) bond motifs is 1. The van der Waals surface area contributed by atoms with E-state index in [1.807, 2.05) is 0 Å². The molecular weight excluding hydrogens is 224 g/mol. The zero-order valence-electron chi connectivity index (χ0n) is 6.22. The van der Waals surface area contributed by atoms with Gasteiger partial charge in [-0.3, -0.25) is 4.79 Å². The largest absolute Gasteiger partial charge is 0.430 e. The molecule has 62 valence electrons. The van der Waals surface area contributed by atoms with Crippen molar-refractivity contribution in [2.24, 2.45) is 0 Å². The molecule has 2 rings (SSSR count). The summed E-state index contributed by atoms with van der Waals surface area (Å²) in [5.41, 5.74) is 0.967. The van der Waals surface area contributed by atoms with Gasteiger partial charge in [-0.05, 0) is 22.9 Å². The fraction of sp³-hybridized carbons (Fsp3) is 0.143. The predicted molar refractivity (Wildman–Crippen MR) is 47.1 cm³/mol. The molecule has 0 aromatic carbocycles. The molecule has 12 heavy (non-hydrogen) atoms. The fourth-order valence-corrected chi connectivity index (χ4v) is 1.40. The molecule has 2 aromatic rings. The van der Waals surface area contributed by atoms with E-state index in [4.69, 9.17) is 4.42 Å². The minimum Gasteiger partial charge on any atom is -0.430 e. The maximum Gasteiger partial charge on any atom is 0.262 e. The van der Waals surface area contributed by atoms with Crippen LogP contribution in [0, 0.1) is 6.92 Å². The predicted octanol–water partition coefficient (Wildman–Crippen LogP) is 1.59. The molecule has 0 radical (unpaired) electrons. The summed E-state index contributed by atoms with van der Waals surface area (Å²) in [6.07, 6.45) is 1.32. The average Bonchev–Trinajstić information content (AvgIpc) is 2.29. The highest BCUT2D eigenvalue weighted by molar-refractivity contribution is 9.10. The van der Waals surface area contributed by atoms with Crippen molar-refractivity contribution >= 4 is 27.0 Å². The molecule has 2 aromatic heterocycles. The number of aromatic nitrogens is 2. The molecule has 0 amide bonds. The van der Waals surface area contributed by atoms with E-state index in [2.05, 4.69) is 25.9 Å². The molecule has 0 aliphatic heterocycles. The minimum atomic E-state index is -0.174. The Hall–Kier alpha value is -1.10. The highest BCUT2D eigenvalue weighted by Crippen LogP contribution is 2.24. The number of aromatic amines is 1.